The van der Waals surface area contributed by atoms with Crippen molar-refractivity contribution in [2.45, 2.75) is 31.3 Å². The van der Waals surface area contributed by atoms with Gasteiger partial charge in [0.25, 0.3) is 5.91 Å². The SMILES string of the molecule is O=C1C=C(Nc2ccccc2Cc2ccccc2)C2(CCN(Cc3ccccc3)CC2)N1c1cccc(F)c1. The first-order valence-electron chi connectivity index (χ1n) is 13.6. The van der Waals surface area contributed by atoms with Crippen LogP contribution >= 0.6 is 0 Å². The highest BCUT2D eigenvalue weighted by Crippen LogP contribution is 2.44. The lowest BCUT2D eigenvalue weighted by molar-refractivity contribution is -0.114. The van der Waals surface area contributed by atoms with E-state index in [4.69, 9.17) is 0 Å². The van der Waals surface area contributed by atoms with Gasteiger partial charge in [0.2, 0.25) is 0 Å². The van der Waals surface area contributed by atoms with Crippen molar-refractivity contribution in [3.63, 3.8) is 0 Å². The molecular weight excluding hydrogens is 485 g/mol. The van der Waals surface area contributed by atoms with E-state index in [1.54, 1.807) is 12.1 Å². The van der Waals surface area contributed by atoms with E-state index in [2.05, 4.69) is 76.9 Å². The fourth-order valence-electron chi connectivity index (χ4n) is 5.97. The lowest BCUT2D eigenvalue weighted by Gasteiger charge is -2.46. The number of hydrogen-bond donors (Lipinski definition) is 1. The molecule has 0 saturated carbocycles. The van der Waals surface area contributed by atoms with Crippen LogP contribution in [-0.2, 0) is 17.8 Å². The number of likely N-dealkylation sites (tertiary alicyclic amines) is 1. The number of nitrogens with zero attached hydrogens (tertiary/aromatic N) is 2. The third kappa shape index (κ3) is 5.23. The van der Waals surface area contributed by atoms with Crippen LogP contribution in [0.3, 0.4) is 0 Å². The van der Waals surface area contributed by atoms with Crippen molar-refractivity contribution >= 4 is 17.3 Å². The molecule has 0 bridgehead atoms. The summed E-state index contributed by atoms with van der Waals surface area (Å²) in [7, 11) is 0. The maximum Gasteiger partial charge on any atom is 0.253 e. The number of piperidine rings is 1. The molecule has 2 heterocycles. The lowest BCUT2D eigenvalue weighted by Crippen LogP contribution is -2.56. The van der Waals surface area contributed by atoms with Crippen molar-refractivity contribution in [3.05, 3.63) is 143 Å². The normalized spacial score (nSPS) is 16.9. The zero-order valence-electron chi connectivity index (χ0n) is 21.9. The Kier molecular flexibility index (Phi) is 6.99. The van der Waals surface area contributed by atoms with Gasteiger partial charge in [-0.1, -0.05) is 84.9 Å². The Morgan fingerprint density at radius 2 is 1.44 bits per heavy atom. The van der Waals surface area contributed by atoms with E-state index in [9.17, 15) is 9.18 Å². The first-order valence-corrected chi connectivity index (χ1v) is 13.6. The molecule has 4 nitrogen and oxygen atoms in total. The zero-order valence-corrected chi connectivity index (χ0v) is 21.9. The summed E-state index contributed by atoms with van der Waals surface area (Å²) < 4.78 is 14.3. The van der Waals surface area contributed by atoms with Crippen LogP contribution in [0.4, 0.5) is 15.8 Å². The predicted octanol–water partition coefficient (Wildman–Crippen LogP) is 6.79. The molecular formula is C34H32FN3O. The average Bonchev–Trinajstić information content (AvgIpc) is 3.22. The molecule has 196 valence electrons. The molecule has 39 heavy (non-hydrogen) atoms. The van der Waals surface area contributed by atoms with Gasteiger partial charge in [-0.25, -0.2) is 4.39 Å². The van der Waals surface area contributed by atoms with Crippen LogP contribution in [0, 0.1) is 5.82 Å². The summed E-state index contributed by atoms with van der Waals surface area (Å²) in [6, 6.07) is 35.6. The summed E-state index contributed by atoms with van der Waals surface area (Å²) in [6.45, 7) is 2.54. The molecule has 0 atom stereocenters. The summed E-state index contributed by atoms with van der Waals surface area (Å²) in [5.74, 6) is -0.452. The number of benzene rings is 4. The average molecular weight is 518 g/mol. The molecule has 1 spiro atoms. The predicted molar refractivity (Wildman–Crippen MR) is 155 cm³/mol. The van der Waals surface area contributed by atoms with Crippen molar-refractivity contribution in [1.29, 1.82) is 0 Å². The maximum atomic E-state index is 14.3. The van der Waals surface area contributed by atoms with Gasteiger partial charge in [-0.2, -0.15) is 0 Å². The van der Waals surface area contributed by atoms with Crippen molar-refractivity contribution in [3.8, 4) is 0 Å². The topological polar surface area (TPSA) is 35.6 Å². The van der Waals surface area contributed by atoms with E-state index in [0.717, 1.165) is 55.8 Å². The molecule has 0 unspecified atom stereocenters. The molecule has 1 saturated heterocycles. The van der Waals surface area contributed by atoms with Gasteiger partial charge >= 0.3 is 0 Å². The Bertz CT molecular complexity index is 1480. The van der Waals surface area contributed by atoms with E-state index in [0.29, 0.717) is 5.69 Å². The number of anilines is 2. The van der Waals surface area contributed by atoms with Crippen molar-refractivity contribution in [1.82, 2.24) is 4.90 Å². The van der Waals surface area contributed by atoms with Crippen molar-refractivity contribution in [2.24, 2.45) is 0 Å². The van der Waals surface area contributed by atoms with Crippen molar-refractivity contribution < 1.29 is 9.18 Å². The first-order chi connectivity index (χ1) is 19.1. The standard InChI is InChI=1S/C34H32FN3O/c35-29-15-9-16-30(23-29)38-33(39)24-32(34(38)18-20-37(21-19-34)25-27-12-5-2-6-13-27)36-31-17-8-7-14-28(31)22-26-10-3-1-4-11-26/h1-17,23-24,36H,18-22,25H2. The number of rotatable bonds is 7. The Labute approximate surface area is 229 Å². The lowest BCUT2D eigenvalue weighted by atomic mass is 9.83. The largest absolute Gasteiger partial charge is 0.357 e. The smallest absolute Gasteiger partial charge is 0.253 e. The van der Waals surface area contributed by atoms with Gasteiger partial charge in [0.05, 0.1) is 5.54 Å². The highest BCUT2D eigenvalue weighted by Gasteiger charge is 2.50. The van der Waals surface area contributed by atoms with Gasteiger partial charge in [0.1, 0.15) is 5.82 Å². The van der Waals surface area contributed by atoms with Crippen LogP contribution < -0.4 is 10.2 Å². The van der Waals surface area contributed by atoms with Crippen LogP contribution in [0.5, 0.6) is 0 Å². The number of halogens is 1. The van der Waals surface area contributed by atoms with Crippen LogP contribution in [0.1, 0.15) is 29.5 Å². The van der Waals surface area contributed by atoms with Crippen LogP contribution in [0.25, 0.3) is 0 Å². The van der Waals surface area contributed by atoms with E-state index < -0.39 is 5.54 Å². The van der Waals surface area contributed by atoms with Crippen molar-refractivity contribution in [2.75, 3.05) is 23.3 Å². The molecule has 0 aromatic heterocycles. The van der Waals surface area contributed by atoms with E-state index in [1.807, 2.05) is 29.2 Å². The summed E-state index contributed by atoms with van der Waals surface area (Å²) in [6.07, 6.45) is 4.01. The van der Waals surface area contributed by atoms with Crippen LogP contribution in [0.2, 0.25) is 0 Å². The van der Waals surface area contributed by atoms with E-state index in [-0.39, 0.29) is 11.7 Å². The van der Waals surface area contributed by atoms with E-state index in [1.165, 1.54) is 23.3 Å². The minimum Gasteiger partial charge on any atom is -0.357 e. The monoisotopic (exact) mass is 517 g/mol. The van der Waals surface area contributed by atoms with Crippen LogP contribution in [-0.4, -0.2) is 29.4 Å². The van der Waals surface area contributed by atoms with Gasteiger partial charge < -0.3 is 5.32 Å². The minimum absolute atomic E-state index is 0.111. The second-order valence-electron chi connectivity index (χ2n) is 10.4. The quantitative estimate of drug-likeness (QED) is 0.293. The fourth-order valence-corrected chi connectivity index (χ4v) is 5.97. The molecule has 0 radical (unpaired) electrons. The maximum absolute atomic E-state index is 14.3. The Morgan fingerprint density at radius 1 is 0.769 bits per heavy atom. The molecule has 1 amide bonds. The van der Waals surface area contributed by atoms with Crippen LogP contribution in [0.15, 0.2) is 121 Å². The third-order valence-electron chi connectivity index (χ3n) is 7.94. The molecule has 4 aromatic carbocycles. The molecule has 2 aliphatic rings. The molecule has 1 fully saturated rings. The number of hydrogen-bond acceptors (Lipinski definition) is 3. The number of para-hydroxylation sites is 1. The summed E-state index contributed by atoms with van der Waals surface area (Å²) in [4.78, 5) is 17.8. The zero-order chi connectivity index (χ0) is 26.7. The third-order valence-corrected chi connectivity index (χ3v) is 7.94. The van der Waals surface area contributed by atoms with E-state index >= 15 is 0 Å². The highest BCUT2D eigenvalue weighted by molar-refractivity contribution is 6.07. The summed E-state index contributed by atoms with van der Waals surface area (Å²) >= 11 is 0. The second-order valence-corrected chi connectivity index (χ2v) is 10.4. The number of carbonyl (C=O) groups is 1. The second kappa shape index (κ2) is 10.9. The fraction of sp³-hybridized carbons (Fsp3) is 0.206. The van der Waals surface area contributed by atoms with Gasteiger partial charge in [0, 0.05) is 42.8 Å². The van der Waals surface area contributed by atoms with Gasteiger partial charge in [-0.05, 0) is 60.2 Å². The minimum atomic E-state index is -0.572. The Hall–Kier alpha value is -4.22. The molecule has 5 heteroatoms. The summed E-state index contributed by atoms with van der Waals surface area (Å²) in [5, 5.41) is 3.69. The molecule has 6 rings (SSSR count). The molecule has 1 N–H and O–H groups in total. The summed E-state index contributed by atoms with van der Waals surface area (Å²) in [5.41, 5.74) is 5.58. The Morgan fingerprint density at radius 3 is 2.15 bits per heavy atom. The van der Waals surface area contributed by atoms with Gasteiger partial charge in [-0.3, -0.25) is 14.6 Å². The number of amides is 1. The highest BCUT2D eigenvalue weighted by atomic mass is 19.1. The molecule has 2 aliphatic heterocycles. The van der Waals surface area contributed by atoms with Gasteiger partial charge in [-0.15, -0.1) is 0 Å². The molecule has 0 aliphatic carbocycles. The number of carbonyl (C=O) groups excluding carboxylic acids is 1. The number of nitrogens with one attached hydrogen (secondary N) is 1. The first kappa shape index (κ1) is 25.1. The molecule has 4 aromatic rings. The van der Waals surface area contributed by atoms with Gasteiger partial charge in [0.15, 0.2) is 0 Å². The Balaban J connectivity index is 1.31.